The molecule has 0 saturated heterocycles. The first-order valence-corrected chi connectivity index (χ1v) is 6.86. The lowest BCUT2D eigenvalue weighted by molar-refractivity contribution is -0.495. The second-order valence-electron chi connectivity index (χ2n) is 5.00. The van der Waals surface area contributed by atoms with E-state index in [1.54, 1.807) is 18.2 Å². The summed E-state index contributed by atoms with van der Waals surface area (Å²) in [5.41, 5.74) is 0.247. The van der Waals surface area contributed by atoms with Gasteiger partial charge in [0.2, 0.25) is 0 Å². The quantitative estimate of drug-likeness (QED) is 0.426. The largest absolute Gasteiger partial charge is 0.673 e. The number of amidine groups is 1. The number of benzene rings is 1. The van der Waals surface area contributed by atoms with Gasteiger partial charge in [0, 0.05) is 0 Å². The summed E-state index contributed by atoms with van der Waals surface area (Å²) in [7, 11) is -2.20. The fourth-order valence-corrected chi connectivity index (χ4v) is 2.03. The van der Waals surface area contributed by atoms with E-state index in [1.165, 1.54) is 0 Å². The molecule has 0 fully saturated rings. The van der Waals surface area contributed by atoms with Gasteiger partial charge in [0.1, 0.15) is 18.6 Å². The molecule has 0 unspecified atom stereocenters. The van der Waals surface area contributed by atoms with Crippen LogP contribution in [0.15, 0.2) is 29.1 Å². The van der Waals surface area contributed by atoms with E-state index in [0.29, 0.717) is 16.9 Å². The third-order valence-electron chi connectivity index (χ3n) is 3.13. The zero-order valence-corrected chi connectivity index (χ0v) is 12.9. The van der Waals surface area contributed by atoms with Gasteiger partial charge in [-0.2, -0.15) is 0 Å². The van der Waals surface area contributed by atoms with Crippen LogP contribution in [-0.2, 0) is 0 Å². The monoisotopic (exact) mass is 347 g/mol. The minimum atomic E-state index is -6.00. The lowest BCUT2D eigenvalue weighted by Gasteiger charge is -2.07. The highest BCUT2D eigenvalue weighted by molar-refractivity contribution is 6.50. The molecule has 0 saturated carbocycles. The van der Waals surface area contributed by atoms with Gasteiger partial charge in [-0.1, -0.05) is 12.1 Å². The zero-order chi connectivity index (χ0) is 17.9. The lowest BCUT2D eigenvalue weighted by atomic mass is 10.2. The Bertz CT molecular complexity index is 817. The van der Waals surface area contributed by atoms with E-state index in [4.69, 9.17) is 4.84 Å². The lowest BCUT2D eigenvalue weighted by Crippen LogP contribution is -2.41. The van der Waals surface area contributed by atoms with Crippen molar-refractivity contribution in [1.82, 2.24) is 20.1 Å². The van der Waals surface area contributed by atoms with Crippen LogP contribution in [0, 0.1) is 0 Å². The van der Waals surface area contributed by atoms with Crippen LogP contribution in [0.4, 0.5) is 17.3 Å². The Balaban J connectivity index is 0.000000368. The van der Waals surface area contributed by atoms with Crippen LogP contribution in [0.25, 0.3) is 10.9 Å². The predicted octanol–water partition coefficient (Wildman–Crippen LogP) is 0.464. The Morgan fingerprint density at radius 1 is 1.25 bits per heavy atom. The molecule has 0 spiro atoms. The summed E-state index contributed by atoms with van der Waals surface area (Å²) in [6, 6.07) is 7.64. The number of rotatable bonds is 1. The molecule has 7 nitrogen and oxygen atoms in total. The van der Waals surface area contributed by atoms with Crippen molar-refractivity contribution in [3.63, 3.8) is 0 Å². The highest BCUT2D eigenvalue weighted by atomic mass is 19.5. The third-order valence-corrected chi connectivity index (χ3v) is 3.13. The van der Waals surface area contributed by atoms with Gasteiger partial charge in [0.05, 0.1) is 19.5 Å². The maximum atomic E-state index is 12.2. The molecule has 0 radical (unpaired) electrons. The highest BCUT2D eigenvalue weighted by Gasteiger charge is 2.29. The van der Waals surface area contributed by atoms with E-state index in [9.17, 15) is 22.1 Å². The van der Waals surface area contributed by atoms with Gasteiger partial charge in [-0.3, -0.25) is 9.63 Å². The second-order valence-corrected chi connectivity index (χ2v) is 5.00. The van der Waals surface area contributed by atoms with Crippen molar-refractivity contribution in [3.05, 3.63) is 34.6 Å². The van der Waals surface area contributed by atoms with Gasteiger partial charge in [-0.25, -0.2) is 9.48 Å². The van der Waals surface area contributed by atoms with Crippen molar-refractivity contribution in [2.45, 2.75) is 0 Å². The standard InChI is InChI=1S/C12H14N5O2.BF4/c1-15-7-8-16(2)12(15)19-17-11(18)9-5-3-4-6-10(9)13-14-17;2-1(3,4)5/h3-6H,7-8H2,1-2H3;/q+1;-1. The molecule has 3 rings (SSSR count). The van der Waals surface area contributed by atoms with Gasteiger partial charge < -0.3 is 17.3 Å². The molecular weight excluding hydrogens is 333 g/mol. The fraction of sp³-hybridized carbons (Fsp3) is 0.333. The number of fused-ring (bicyclic) bond motifs is 1. The average Bonchev–Trinajstić information content (AvgIpc) is 2.80. The number of nitrogens with zero attached hydrogens (tertiary/aromatic N) is 5. The van der Waals surface area contributed by atoms with Gasteiger partial charge in [-0.15, -0.1) is 5.10 Å². The van der Waals surface area contributed by atoms with E-state index in [1.807, 2.05) is 29.6 Å². The van der Waals surface area contributed by atoms with Crippen molar-refractivity contribution < 1.29 is 26.7 Å². The first-order valence-electron chi connectivity index (χ1n) is 6.86. The SMILES string of the molecule is CN1CC[N+](C)=C1On1nnc2ccccc2c1=O.F[B-](F)(F)F. The number of aromatic nitrogens is 3. The zero-order valence-electron chi connectivity index (χ0n) is 12.9. The molecule has 0 aliphatic carbocycles. The number of halogens is 4. The van der Waals surface area contributed by atoms with E-state index in [2.05, 4.69) is 10.3 Å². The maximum absolute atomic E-state index is 12.2. The van der Waals surface area contributed by atoms with Crippen molar-refractivity contribution in [1.29, 1.82) is 0 Å². The van der Waals surface area contributed by atoms with Crippen molar-refractivity contribution in [3.8, 4) is 0 Å². The molecule has 1 aliphatic rings. The molecule has 2 heterocycles. The van der Waals surface area contributed by atoms with Crippen molar-refractivity contribution in [2.75, 3.05) is 27.2 Å². The van der Waals surface area contributed by atoms with Crippen LogP contribution >= 0.6 is 0 Å². The molecule has 0 atom stereocenters. The smallest absolute Gasteiger partial charge is 0.418 e. The van der Waals surface area contributed by atoms with E-state index in [0.717, 1.165) is 17.9 Å². The third kappa shape index (κ3) is 4.43. The molecule has 1 aromatic carbocycles. The molecule has 0 bridgehead atoms. The Labute approximate surface area is 133 Å². The van der Waals surface area contributed by atoms with Crippen LogP contribution in [0.2, 0.25) is 0 Å². The summed E-state index contributed by atoms with van der Waals surface area (Å²) in [5, 5.41) is 8.26. The first-order chi connectivity index (χ1) is 11.2. The molecule has 0 amide bonds. The average molecular weight is 347 g/mol. The summed E-state index contributed by atoms with van der Waals surface area (Å²) >= 11 is 0. The topological polar surface area (TPSA) is 63.3 Å². The summed E-state index contributed by atoms with van der Waals surface area (Å²) in [6.07, 6.45) is 0. The highest BCUT2D eigenvalue weighted by Crippen LogP contribution is 2.06. The molecule has 12 heteroatoms. The molecule has 1 aliphatic heterocycles. The van der Waals surface area contributed by atoms with E-state index < -0.39 is 7.25 Å². The van der Waals surface area contributed by atoms with Gasteiger partial charge in [0.15, 0.2) is 0 Å². The second kappa shape index (κ2) is 6.85. The number of hydrogen-bond donors (Lipinski definition) is 0. The summed E-state index contributed by atoms with van der Waals surface area (Å²) in [4.78, 5) is 20.6. The van der Waals surface area contributed by atoms with Crippen molar-refractivity contribution in [2.24, 2.45) is 0 Å². The Morgan fingerprint density at radius 3 is 2.46 bits per heavy atom. The van der Waals surface area contributed by atoms with Gasteiger partial charge in [0.25, 0.3) is 0 Å². The predicted molar refractivity (Wildman–Crippen MR) is 79.3 cm³/mol. The first kappa shape index (κ1) is 17.7. The van der Waals surface area contributed by atoms with Crippen LogP contribution < -0.4 is 10.4 Å². The molecule has 130 valence electrons. The van der Waals surface area contributed by atoms with Crippen LogP contribution in [0.5, 0.6) is 0 Å². The van der Waals surface area contributed by atoms with E-state index >= 15 is 0 Å². The molecule has 24 heavy (non-hydrogen) atoms. The van der Waals surface area contributed by atoms with Gasteiger partial charge >= 0.3 is 18.8 Å². The van der Waals surface area contributed by atoms with E-state index in [-0.39, 0.29) is 5.56 Å². The molecule has 0 N–H and O–H groups in total. The molecular formula is C12H14BF4N5O2. The van der Waals surface area contributed by atoms with Crippen LogP contribution in [-0.4, -0.2) is 65.1 Å². The number of hydrogen-bond acceptors (Lipinski definition) is 5. The summed E-state index contributed by atoms with van der Waals surface area (Å²) in [6.45, 7) is 1.70. The van der Waals surface area contributed by atoms with Crippen LogP contribution in [0.1, 0.15) is 0 Å². The molecule has 2 aromatic rings. The minimum Gasteiger partial charge on any atom is -0.418 e. The Kier molecular flexibility index (Phi) is 5.05. The Morgan fingerprint density at radius 2 is 1.88 bits per heavy atom. The summed E-state index contributed by atoms with van der Waals surface area (Å²) < 4.78 is 40.9. The summed E-state index contributed by atoms with van der Waals surface area (Å²) in [5.74, 6) is 0. The van der Waals surface area contributed by atoms with Crippen molar-refractivity contribution >= 4 is 24.2 Å². The van der Waals surface area contributed by atoms with Gasteiger partial charge in [-0.05, 0) is 22.2 Å². The number of likely N-dealkylation sites (N-methyl/N-ethyl adjacent to an activating group) is 2. The normalized spacial score (nSPS) is 14.7. The maximum Gasteiger partial charge on any atom is 0.673 e. The van der Waals surface area contributed by atoms with Crippen LogP contribution in [0.3, 0.4) is 0 Å². The minimum absolute atomic E-state index is 0.313. The Hall–Kier alpha value is -2.66. The molecule has 1 aromatic heterocycles. The fourth-order valence-electron chi connectivity index (χ4n) is 2.03.